The molecule has 0 unspecified atom stereocenters. The van der Waals surface area contributed by atoms with Crippen LogP contribution in [0.25, 0.3) is 11.1 Å². The fourth-order valence-corrected chi connectivity index (χ4v) is 7.92. The van der Waals surface area contributed by atoms with E-state index in [0.29, 0.717) is 35.5 Å². The molecule has 51 heavy (non-hydrogen) atoms. The van der Waals surface area contributed by atoms with Gasteiger partial charge < -0.3 is 20.7 Å². The summed E-state index contributed by atoms with van der Waals surface area (Å²) >= 11 is 7.50. The molecule has 0 atom stereocenters. The third kappa shape index (κ3) is 10.4. The highest BCUT2D eigenvalue weighted by molar-refractivity contribution is 7.99. The smallest absolute Gasteiger partial charge is 0.266 e. The molecule has 11 heteroatoms. The third-order valence-corrected chi connectivity index (χ3v) is 11.3. The van der Waals surface area contributed by atoms with Crippen molar-refractivity contribution in [2.75, 3.05) is 43.5 Å². The summed E-state index contributed by atoms with van der Waals surface area (Å²) in [6, 6.07) is 37.6. The highest BCUT2D eigenvalue weighted by Crippen LogP contribution is 2.33. The second-order valence-electron chi connectivity index (χ2n) is 12.3. The average Bonchev–Trinajstić information content (AvgIpc) is 3.15. The van der Waals surface area contributed by atoms with Crippen LogP contribution in [0.3, 0.4) is 0 Å². The van der Waals surface area contributed by atoms with E-state index in [2.05, 4.69) is 32.8 Å². The lowest BCUT2D eigenvalue weighted by Crippen LogP contribution is -2.31. The predicted molar refractivity (Wildman–Crippen MR) is 207 cm³/mol. The van der Waals surface area contributed by atoms with Crippen molar-refractivity contribution in [2.24, 2.45) is 5.92 Å². The van der Waals surface area contributed by atoms with E-state index in [1.165, 1.54) is 29.5 Å². The third-order valence-electron chi connectivity index (χ3n) is 8.64. The quantitative estimate of drug-likeness (QED) is 0.0795. The van der Waals surface area contributed by atoms with Gasteiger partial charge in [0.1, 0.15) is 0 Å². The first-order valence-corrected chi connectivity index (χ1v) is 19.7. The topological polar surface area (TPSA) is 109 Å². The summed E-state index contributed by atoms with van der Waals surface area (Å²) in [6.07, 6.45) is 2.01. The summed E-state index contributed by atoms with van der Waals surface area (Å²) in [5.74, 6) is -0.167. The molecule has 0 radical (unpaired) electrons. The van der Waals surface area contributed by atoms with Crippen LogP contribution in [0, 0.1) is 5.92 Å². The van der Waals surface area contributed by atoms with Gasteiger partial charge in [0.2, 0.25) is 0 Å². The Labute approximate surface area is 309 Å². The van der Waals surface area contributed by atoms with E-state index in [-0.39, 0.29) is 10.5 Å². The summed E-state index contributed by atoms with van der Waals surface area (Å²) in [4.78, 5) is 15.1. The lowest BCUT2D eigenvalue weighted by molar-refractivity contribution is 0.0699. The summed E-state index contributed by atoms with van der Waals surface area (Å²) in [5.41, 5.74) is 5.37. The molecule has 0 saturated carbocycles. The Kier molecular flexibility index (Phi) is 12.7. The first-order valence-electron chi connectivity index (χ1n) is 17.0. The van der Waals surface area contributed by atoms with Gasteiger partial charge in [-0.2, -0.15) is 0 Å². The maximum Gasteiger partial charge on any atom is 0.266 e. The van der Waals surface area contributed by atoms with Crippen molar-refractivity contribution < 1.29 is 17.9 Å². The summed E-state index contributed by atoms with van der Waals surface area (Å²) in [6.45, 7) is 4.37. The molecule has 8 nitrogen and oxygen atoms in total. The minimum Gasteiger partial charge on any atom is -0.385 e. The molecule has 6 rings (SSSR count). The molecular weight excluding hydrogens is 700 g/mol. The van der Waals surface area contributed by atoms with Crippen LogP contribution in [0.5, 0.6) is 0 Å². The summed E-state index contributed by atoms with van der Waals surface area (Å²) in [7, 11) is -4.11. The van der Waals surface area contributed by atoms with Crippen LogP contribution >= 0.6 is 23.4 Å². The number of hydrogen-bond acceptors (Lipinski definition) is 8. The predicted octanol–water partition coefficient (Wildman–Crippen LogP) is 8.32. The minimum absolute atomic E-state index is 0.0197. The molecule has 1 aliphatic rings. The van der Waals surface area contributed by atoms with Crippen molar-refractivity contribution in [1.82, 2.24) is 10.0 Å². The van der Waals surface area contributed by atoms with Crippen LogP contribution in [0.15, 0.2) is 136 Å². The highest BCUT2D eigenvalue weighted by atomic mass is 35.5. The van der Waals surface area contributed by atoms with Crippen molar-refractivity contribution in [1.29, 1.82) is 0 Å². The SMILES string of the molecule is O=C(NS(=O)(=O)c1ccc(NCC2CCOCC2)cc1)c1ccc(NCCNCc2ccccc2-c2ccc(Cl)cc2)cc1Sc1ccccc1. The Morgan fingerprint density at radius 1 is 0.784 bits per heavy atom. The van der Waals surface area contributed by atoms with Gasteiger partial charge in [-0.05, 0) is 102 Å². The van der Waals surface area contributed by atoms with Gasteiger partial charge in [0.05, 0.1) is 10.5 Å². The highest BCUT2D eigenvalue weighted by Gasteiger charge is 2.22. The number of rotatable bonds is 15. The summed E-state index contributed by atoms with van der Waals surface area (Å²) in [5, 5.41) is 11.0. The number of carbonyl (C=O) groups excluding carboxylic acids is 1. The van der Waals surface area contributed by atoms with Crippen LogP contribution in [-0.4, -0.2) is 47.2 Å². The van der Waals surface area contributed by atoms with Gasteiger partial charge in [-0.1, -0.05) is 78.0 Å². The standard InChI is InChI=1S/C40H41ClN4O4S2/c41-32-12-10-30(11-13-32)37-9-5-4-6-31(37)28-42-22-23-43-34-16-19-38(39(26-34)50-35-7-2-1-3-8-35)40(46)45-51(47,48)36-17-14-33(15-18-36)44-27-29-20-24-49-25-21-29/h1-19,26,29,42-44H,20-25,27-28H2,(H,45,46). The van der Waals surface area contributed by atoms with Gasteiger partial charge in [0.15, 0.2) is 0 Å². The van der Waals surface area contributed by atoms with Crippen molar-refractivity contribution in [3.63, 3.8) is 0 Å². The number of benzene rings is 5. The number of hydrogen-bond donors (Lipinski definition) is 4. The molecule has 1 fully saturated rings. The summed E-state index contributed by atoms with van der Waals surface area (Å²) < 4.78 is 34.3. The number of nitrogens with one attached hydrogen (secondary N) is 4. The molecule has 5 aromatic carbocycles. The normalized spacial score (nSPS) is 13.4. The van der Waals surface area contributed by atoms with E-state index in [1.54, 1.807) is 24.3 Å². The number of halogens is 1. The van der Waals surface area contributed by atoms with Crippen LogP contribution in [0.2, 0.25) is 5.02 Å². The van der Waals surface area contributed by atoms with Crippen LogP contribution in [-0.2, 0) is 21.3 Å². The van der Waals surface area contributed by atoms with Crippen molar-refractivity contribution in [3.8, 4) is 11.1 Å². The molecular formula is C40H41ClN4O4S2. The Balaban J connectivity index is 1.08. The van der Waals surface area contributed by atoms with Gasteiger partial charge in [0, 0.05) is 65.6 Å². The van der Waals surface area contributed by atoms with Crippen molar-refractivity contribution >= 4 is 50.7 Å². The van der Waals surface area contributed by atoms with Crippen molar-refractivity contribution in [2.45, 2.75) is 34.1 Å². The number of ether oxygens (including phenoxy) is 1. The molecule has 1 amide bonds. The largest absolute Gasteiger partial charge is 0.385 e. The van der Waals surface area contributed by atoms with Gasteiger partial charge in [0.25, 0.3) is 15.9 Å². The van der Waals surface area contributed by atoms with Gasteiger partial charge in [-0.3, -0.25) is 4.79 Å². The Hall–Kier alpha value is -4.32. The van der Waals surface area contributed by atoms with E-state index in [1.807, 2.05) is 72.8 Å². The molecule has 5 aromatic rings. The minimum atomic E-state index is -4.11. The zero-order valence-corrected chi connectivity index (χ0v) is 30.5. The molecule has 264 valence electrons. The second-order valence-corrected chi connectivity index (χ2v) is 15.5. The van der Waals surface area contributed by atoms with Gasteiger partial charge in [-0.15, -0.1) is 0 Å². The Morgan fingerprint density at radius 2 is 1.49 bits per heavy atom. The zero-order chi connectivity index (χ0) is 35.5. The lowest BCUT2D eigenvalue weighted by Gasteiger charge is -2.22. The Morgan fingerprint density at radius 3 is 2.25 bits per heavy atom. The van der Waals surface area contributed by atoms with Crippen LogP contribution in [0.4, 0.5) is 11.4 Å². The molecule has 1 saturated heterocycles. The maximum absolute atomic E-state index is 13.5. The number of amides is 1. The number of carbonyl (C=O) groups is 1. The van der Waals surface area contributed by atoms with E-state index in [4.69, 9.17) is 16.3 Å². The second kappa shape index (κ2) is 17.7. The van der Waals surface area contributed by atoms with Gasteiger partial charge >= 0.3 is 0 Å². The molecule has 0 aromatic heterocycles. The number of sulfonamides is 1. The molecule has 0 aliphatic carbocycles. The van der Waals surface area contributed by atoms with E-state index in [9.17, 15) is 13.2 Å². The lowest BCUT2D eigenvalue weighted by atomic mass is 10.00. The Bertz CT molecular complexity index is 2010. The van der Waals surface area contributed by atoms with Crippen LogP contribution in [0.1, 0.15) is 28.8 Å². The van der Waals surface area contributed by atoms with E-state index in [0.717, 1.165) is 60.0 Å². The molecule has 4 N–H and O–H groups in total. The molecule has 0 bridgehead atoms. The monoisotopic (exact) mass is 740 g/mol. The molecule has 1 heterocycles. The molecule has 1 aliphatic heterocycles. The van der Waals surface area contributed by atoms with Crippen molar-refractivity contribution in [3.05, 3.63) is 137 Å². The number of anilines is 2. The zero-order valence-electron chi connectivity index (χ0n) is 28.1. The maximum atomic E-state index is 13.5. The van der Waals surface area contributed by atoms with E-state index < -0.39 is 15.9 Å². The average molecular weight is 741 g/mol. The van der Waals surface area contributed by atoms with Gasteiger partial charge in [-0.25, -0.2) is 13.1 Å². The first kappa shape index (κ1) is 36.5. The molecule has 0 spiro atoms. The fraction of sp³-hybridized carbons (Fsp3) is 0.225. The first-order chi connectivity index (χ1) is 24.8. The fourth-order valence-electron chi connectivity index (χ4n) is 5.82. The van der Waals surface area contributed by atoms with Crippen LogP contribution < -0.4 is 20.7 Å². The van der Waals surface area contributed by atoms with E-state index >= 15 is 0 Å².